The van der Waals surface area contributed by atoms with Gasteiger partial charge in [-0.3, -0.25) is 4.90 Å². The largest absolute Gasteiger partial charge is 0.494 e. The van der Waals surface area contributed by atoms with Crippen LogP contribution < -0.4 is 10.1 Å². The number of halogens is 1. The molecule has 2 amide bonds. The fourth-order valence-electron chi connectivity index (χ4n) is 3.94. The summed E-state index contributed by atoms with van der Waals surface area (Å²) in [6.07, 6.45) is 4.20. The number of hydrogen-bond donors (Lipinski definition) is 1. The van der Waals surface area contributed by atoms with Crippen LogP contribution in [0.1, 0.15) is 38.2 Å². The van der Waals surface area contributed by atoms with Gasteiger partial charge in [-0.2, -0.15) is 0 Å². The van der Waals surface area contributed by atoms with E-state index in [1.54, 1.807) is 12.1 Å². The fourth-order valence-corrected chi connectivity index (χ4v) is 3.94. The summed E-state index contributed by atoms with van der Waals surface area (Å²) in [7, 11) is 1.47. The van der Waals surface area contributed by atoms with Crippen LogP contribution in [0.25, 0.3) is 0 Å². The molecule has 5 nitrogen and oxygen atoms in total. The Kier molecular flexibility index (Phi) is 6.35. The lowest BCUT2D eigenvalue weighted by molar-refractivity contribution is 0.152. The number of carbonyl (C=O) groups is 1. The topological polar surface area (TPSA) is 44.8 Å². The predicted octanol–water partition coefficient (Wildman–Crippen LogP) is 3.24. The molecule has 0 saturated carbocycles. The Morgan fingerprint density at radius 2 is 2.04 bits per heavy atom. The number of benzene rings is 1. The molecule has 1 atom stereocenters. The zero-order chi connectivity index (χ0) is 18.5. The van der Waals surface area contributed by atoms with Gasteiger partial charge < -0.3 is 15.0 Å². The molecule has 26 heavy (non-hydrogen) atoms. The van der Waals surface area contributed by atoms with E-state index in [1.165, 1.54) is 13.5 Å². The van der Waals surface area contributed by atoms with Crippen LogP contribution in [0, 0.1) is 11.7 Å². The van der Waals surface area contributed by atoms with E-state index >= 15 is 0 Å². The number of amides is 2. The highest BCUT2D eigenvalue weighted by molar-refractivity contribution is 5.74. The number of nitrogens with zero attached hydrogens (tertiary/aromatic N) is 2. The molecule has 0 bridgehead atoms. The summed E-state index contributed by atoms with van der Waals surface area (Å²) in [5, 5.41) is 3.20. The van der Waals surface area contributed by atoms with Crippen LogP contribution in [-0.4, -0.2) is 55.2 Å². The molecule has 0 aliphatic carbocycles. The number of likely N-dealkylation sites (tertiary alicyclic amines) is 2. The molecule has 6 heteroatoms. The number of rotatable bonds is 4. The number of methoxy groups -OCH3 is 1. The molecular weight excluding hydrogens is 333 g/mol. The van der Waals surface area contributed by atoms with Gasteiger partial charge in [0.1, 0.15) is 0 Å². The van der Waals surface area contributed by atoms with Gasteiger partial charge in [-0.05, 0) is 49.3 Å². The Morgan fingerprint density at radius 3 is 2.69 bits per heavy atom. The summed E-state index contributed by atoms with van der Waals surface area (Å²) in [5.74, 6) is 0.561. The molecule has 0 aromatic heterocycles. The van der Waals surface area contributed by atoms with Gasteiger partial charge >= 0.3 is 6.03 Å². The lowest BCUT2D eigenvalue weighted by atomic mass is 10.0. The van der Waals surface area contributed by atoms with Crippen molar-refractivity contribution in [2.75, 3.05) is 33.3 Å². The maximum atomic E-state index is 13.8. The molecule has 2 aliphatic rings. The van der Waals surface area contributed by atoms with Gasteiger partial charge in [-0.1, -0.05) is 13.0 Å². The molecule has 1 N–H and O–H groups in total. The van der Waals surface area contributed by atoms with Gasteiger partial charge in [0.25, 0.3) is 0 Å². The van der Waals surface area contributed by atoms with Gasteiger partial charge in [0.2, 0.25) is 0 Å². The first-order chi connectivity index (χ1) is 12.5. The second-order valence-corrected chi connectivity index (χ2v) is 7.66. The third-order valence-electron chi connectivity index (χ3n) is 5.48. The van der Waals surface area contributed by atoms with Crippen LogP contribution in [-0.2, 0) is 6.54 Å². The summed E-state index contributed by atoms with van der Waals surface area (Å²) in [4.78, 5) is 16.7. The SMILES string of the molecule is COc1ccc(CN2CCC(NC(=O)N3CCCC(C)C3)CC2)cc1F. The summed E-state index contributed by atoms with van der Waals surface area (Å²) in [6.45, 7) is 6.50. The quantitative estimate of drug-likeness (QED) is 0.893. The number of piperidine rings is 2. The molecule has 2 aliphatic heterocycles. The Labute approximate surface area is 155 Å². The predicted molar refractivity (Wildman–Crippen MR) is 99.8 cm³/mol. The Bertz CT molecular complexity index is 617. The minimum absolute atomic E-state index is 0.0900. The minimum atomic E-state index is -0.317. The van der Waals surface area contributed by atoms with Gasteiger partial charge in [-0.15, -0.1) is 0 Å². The lowest BCUT2D eigenvalue weighted by Gasteiger charge is -2.35. The molecule has 1 aromatic rings. The molecule has 2 saturated heterocycles. The van der Waals surface area contributed by atoms with Crippen molar-refractivity contribution in [1.29, 1.82) is 0 Å². The molecule has 0 radical (unpaired) electrons. The van der Waals surface area contributed by atoms with Crippen LogP contribution in [0.4, 0.5) is 9.18 Å². The van der Waals surface area contributed by atoms with Crippen LogP contribution >= 0.6 is 0 Å². The smallest absolute Gasteiger partial charge is 0.317 e. The summed E-state index contributed by atoms with van der Waals surface area (Å²) >= 11 is 0. The van der Waals surface area contributed by atoms with E-state index in [0.717, 1.165) is 57.5 Å². The number of nitrogens with one attached hydrogen (secondary N) is 1. The zero-order valence-electron chi connectivity index (χ0n) is 15.8. The van der Waals surface area contributed by atoms with Gasteiger partial charge in [0.15, 0.2) is 11.6 Å². The molecular formula is C20H30FN3O2. The van der Waals surface area contributed by atoms with Gasteiger partial charge in [-0.25, -0.2) is 9.18 Å². The van der Waals surface area contributed by atoms with Crippen LogP contribution in [0.5, 0.6) is 5.75 Å². The first-order valence-corrected chi connectivity index (χ1v) is 9.65. The number of urea groups is 1. The highest BCUT2D eigenvalue weighted by Crippen LogP contribution is 2.21. The third kappa shape index (κ3) is 4.87. The Balaban J connectivity index is 1.44. The molecule has 1 unspecified atom stereocenters. The average Bonchev–Trinajstić information content (AvgIpc) is 2.63. The number of ether oxygens (including phenoxy) is 1. The lowest BCUT2D eigenvalue weighted by Crippen LogP contribution is -2.51. The number of hydrogen-bond acceptors (Lipinski definition) is 3. The van der Waals surface area contributed by atoms with E-state index < -0.39 is 0 Å². The summed E-state index contributed by atoms with van der Waals surface area (Å²) < 4.78 is 18.8. The monoisotopic (exact) mass is 363 g/mol. The molecule has 2 heterocycles. The van der Waals surface area contributed by atoms with Crippen molar-refractivity contribution in [2.24, 2.45) is 5.92 Å². The Morgan fingerprint density at radius 1 is 1.27 bits per heavy atom. The van der Waals surface area contributed by atoms with E-state index in [0.29, 0.717) is 5.92 Å². The van der Waals surface area contributed by atoms with E-state index in [9.17, 15) is 9.18 Å². The molecule has 2 fully saturated rings. The normalized spacial score (nSPS) is 22.3. The first kappa shape index (κ1) is 19.0. The second-order valence-electron chi connectivity index (χ2n) is 7.66. The zero-order valence-corrected chi connectivity index (χ0v) is 15.8. The summed E-state index contributed by atoms with van der Waals surface area (Å²) in [6, 6.07) is 5.46. The maximum absolute atomic E-state index is 13.8. The van der Waals surface area contributed by atoms with E-state index in [4.69, 9.17) is 4.74 Å². The van der Waals surface area contributed by atoms with Crippen molar-refractivity contribution in [3.63, 3.8) is 0 Å². The Hall–Kier alpha value is -1.82. The van der Waals surface area contributed by atoms with Crippen LogP contribution in [0.15, 0.2) is 18.2 Å². The standard InChI is InChI=1S/C20H30FN3O2/c1-15-4-3-9-24(13-15)20(25)22-17-7-10-23(11-8-17)14-16-5-6-19(26-2)18(21)12-16/h5-6,12,15,17H,3-4,7-11,13-14H2,1-2H3,(H,22,25). The van der Waals surface area contributed by atoms with Crippen molar-refractivity contribution in [2.45, 2.75) is 45.2 Å². The van der Waals surface area contributed by atoms with E-state index in [-0.39, 0.29) is 23.6 Å². The van der Waals surface area contributed by atoms with Crippen molar-refractivity contribution in [3.8, 4) is 5.75 Å². The molecule has 1 aromatic carbocycles. The minimum Gasteiger partial charge on any atom is -0.494 e. The van der Waals surface area contributed by atoms with Gasteiger partial charge in [0, 0.05) is 38.8 Å². The molecule has 0 spiro atoms. The summed E-state index contributed by atoms with van der Waals surface area (Å²) in [5.41, 5.74) is 0.952. The van der Waals surface area contributed by atoms with Crippen molar-refractivity contribution >= 4 is 6.03 Å². The highest BCUT2D eigenvalue weighted by atomic mass is 19.1. The molecule has 144 valence electrons. The van der Waals surface area contributed by atoms with Crippen LogP contribution in [0.3, 0.4) is 0 Å². The number of carbonyl (C=O) groups excluding carboxylic acids is 1. The molecule has 3 rings (SSSR count). The van der Waals surface area contributed by atoms with E-state index in [2.05, 4.69) is 17.1 Å². The fraction of sp³-hybridized carbons (Fsp3) is 0.650. The highest BCUT2D eigenvalue weighted by Gasteiger charge is 2.25. The average molecular weight is 363 g/mol. The second kappa shape index (κ2) is 8.71. The van der Waals surface area contributed by atoms with E-state index in [1.807, 2.05) is 11.0 Å². The van der Waals surface area contributed by atoms with Crippen LogP contribution in [0.2, 0.25) is 0 Å². The first-order valence-electron chi connectivity index (χ1n) is 9.65. The van der Waals surface area contributed by atoms with Crippen molar-refractivity contribution in [3.05, 3.63) is 29.6 Å². The third-order valence-corrected chi connectivity index (χ3v) is 5.48. The van der Waals surface area contributed by atoms with Gasteiger partial charge in [0.05, 0.1) is 7.11 Å². The van der Waals surface area contributed by atoms with Crippen molar-refractivity contribution in [1.82, 2.24) is 15.1 Å². The van der Waals surface area contributed by atoms with Crippen molar-refractivity contribution < 1.29 is 13.9 Å². The maximum Gasteiger partial charge on any atom is 0.317 e.